The van der Waals surface area contributed by atoms with E-state index in [1.807, 2.05) is 0 Å². The summed E-state index contributed by atoms with van der Waals surface area (Å²) >= 11 is 5.88. The second kappa shape index (κ2) is 3.31. The second-order valence-electron chi connectivity index (χ2n) is 4.09. The number of Topliss-reactive ketones (excluding diaryl/α,β-unsaturated/α-hetero) is 1. The highest BCUT2D eigenvalue weighted by molar-refractivity contribution is 6.32. The third kappa shape index (κ3) is 1.36. The average molecular weight is 246 g/mol. The molecule has 3 rings (SSSR count). The monoisotopic (exact) mass is 245 g/mol. The second-order valence-corrected chi connectivity index (χ2v) is 4.52. The van der Waals surface area contributed by atoms with Crippen molar-refractivity contribution in [3.8, 4) is 0 Å². The minimum atomic E-state index is -0.163. The Morgan fingerprint density at radius 3 is 2.76 bits per heavy atom. The van der Waals surface area contributed by atoms with Gasteiger partial charge >= 0.3 is 0 Å². The van der Waals surface area contributed by atoms with E-state index in [0.29, 0.717) is 27.4 Å². The molecule has 1 heterocycles. The number of hydrogen-bond donors (Lipinski definition) is 1. The van der Waals surface area contributed by atoms with Gasteiger partial charge in [0.05, 0.1) is 11.3 Å². The van der Waals surface area contributed by atoms with Gasteiger partial charge in [0.15, 0.2) is 5.78 Å². The molecule has 0 aliphatic heterocycles. The fourth-order valence-corrected chi connectivity index (χ4v) is 2.29. The van der Waals surface area contributed by atoms with Crippen LogP contribution in [-0.2, 0) is 0 Å². The van der Waals surface area contributed by atoms with Crippen molar-refractivity contribution in [1.82, 2.24) is 4.98 Å². The lowest BCUT2D eigenvalue weighted by molar-refractivity contribution is 0.0983. The van der Waals surface area contributed by atoms with Crippen LogP contribution in [0.4, 0.5) is 0 Å². The maximum atomic E-state index is 12.0. The third-order valence-electron chi connectivity index (χ3n) is 2.94. The number of carbonyl (C=O) groups is 2. The lowest BCUT2D eigenvalue weighted by atomic mass is 9.94. The topological polar surface area (TPSA) is 49.9 Å². The van der Waals surface area contributed by atoms with E-state index in [0.717, 1.165) is 5.39 Å². The fraction of sp³-hybridized carbons (Fsp3) is 0.0769. The van der Waals surface area contributed by atoms with E-state index in [1.165, 1.54) is 6.08 Å². The number of aromatic nitrogens is 1. The number of ketones is 2. The molecule has 17 heavy (non-hydrogen) atoms. The van der Waals surface area contributed by atoms with Gasteiger partial charge in [0, 0.05) is 21.5 Å². The lowest BCUT2D eigenvalue weighted by Crippen LogP contribution is -2.14. The quantitative estimate of drug-likeness (QED) is 0.775. The number of halogens is 1. The molecule has 0 bridgehead atoms. The Hall–Kier alpha value is -1.87. The summed E-state index contributed by atoms with van der Waals surface area (Å²) in [4.78, 5) is 26.8. The first kappa shape index (κ1) is 10.3. The van der Waals surface area contributed by atoms with Crippen LogP contribution in [-0.4, -0.2) is 16.6 Å². The van der Waals surface area contributed by atoms with E-state index in [2.05, 4.69) is 4.98 Å². The van der Waals surface area contributed by atoms with Gasteiger partial charge in [0.2, 0.25) is 5.78 Å². The van der Waals surface area contributed by atoms with Gasteiger partial charge in [-0.1, -0.05) is 17.7 Å². The van der Waals surface area contributed by atoms with Gasteiger partial charge in [0.25, 0.3) is 0 Å². The van der Waals surface area contributed by atoms with Crippen LogP contribution in [0.3, 0.4) is 0 Å². The van der Waals surface area contributed by atoms with E-state index < -0.39 is 0 Å². The van der Waals surface area contributed by atoms with Gasteiger partial charge < -0.3 is 4.98 Å². The lowest BCUT2D eigenvalue weighted by Gasteiger charge is -2.07. The molecule has 0 fully saturated rings. The number of benzene rings is 1. The van der Waals surface area contributed by atoms with Gasteiger partial charge in [-0.15, -0.1) is 0 Å². The standard InChI is InChI=1S/C13H8ClNO2/c1-6-4-10(16)12-11(13(6)17)8-3-2-7(14)5-9(8)15-12/h2-5,15H,1H3. The normalized spacial score (nSPS) is 15.1. The van der Waals surface area contributed by atoms with Crippen LogP contribution in [0.5, 0.6) is 0 Å². The summed E-state index contributed by atoms with van der Waals surface area (Å²) in [6.45, 7) is 1.65. The Labute approximate surface area is 102 Å². The molecule has 0 atom stereocenters. The largest absolute Gasteiger partial charge is 0.351 e. The molecule has 0 spiro atoms. The molecule has 0 saturated heterocycles. The van der Waals surface area contributed by atoms with Crippen molar-refractivity contribution in [1.29, 1.82) is 0 Å². The summed E-state index contributed by atoms with van der Waals surface area (Å²) in [6.07, 6.45) is 1.36. The Kier molecular flexibility index (Phi) is 2.00. The molecule has 3 nitrogen and oxygen atoms in total. The number of carbonyl (C=O) groups excluding carboxylic acids is 2. The van der Waals surface area contributed by atoms with Crippen LogP contribution < -0.4 is 0 Å². The zero-order valence-corrected chi connectivity index (χ0v) is 9.76. The molecule has 84 valence electrons. The van der Waals surface area contributed by atoms with Crippen LogP contribution in [0.25, 0.3) is 10.9 Å². The molecular weight excluding hydrogens is 238 g/mol. The van der Waals surface area contributed by atoms with Crippen molar-refractivity contribution in [3.05, 3.63) is 46.1 Å². The SMILES string of the molecule is CC1=CC(=O)c2[nH]c3cc(Cl)ccc3c2C1=O. The summed E-state index contributed by atoms with van der Waals surface area (Å²) < 4.78 is 0. The highest BCUT2D eigenvalue weighted by Gasteiger charge is 2.27. The van der Waals surface area contributed by atoms with Crippen LogP contribution >= 0.6 is 11.6 Å². The third-order valence-corrected chi connectivity index (χ3v) is 3.17. The first-order valence-electron chi connectivity index (χ1n) is 5.16. The molecule has 1 aromatic carbocycles. The van der Waals surface area contributed by atoms with Crippen molar-refractivity contribution in [2.75, 3.05) is 0 Å². The summed E-state index contributed by atoms with van der Waals surface area (Å²) in [6, 6.07) is 5.19. The fourth-order valence-electron chi connectivity index (χ4n) is 2.12. The maximum absolute atomic E-state index is 12.0. The minimum Gasteiger partial charge on any atom is -0.351 e. The number of nitrogens with one attached hydrogen (secondary N) is 1. The molecule has 1 aromatic heterocycles. The Morgan fingerprint density at radius 2 is 2.00 bits per heavy atom. The molecule has 4 heteroatoms. The van der Waals surface area contributed by atoms with Crippen LogP contribution in [0, 0.1) is 0 Å². The predicted molar refractivity (Wildman–Crippen MR) is 65.7 cm³/mol. The number of H-pyrrole nitrogens is 1. The van der Waals surface area contributed by atoms with Crippen LogP contribution in [0.1, 0.15) is 27.8 Å². The first-order chi connectivity index (χ1) is 8.08. The molecule has 0 saturated carbocycles. The Balaban J connectivity index is 2.41. The average Bonchev–Trinajstić information content (AvgIpc) is 2.65. The zero-order chi connectivity index (χ0) is 12.2. The highest BCUT2D eigenvalue weighted by Crippen LogP contribution is 2.30. The van der Waals surface area contributed by atoms with E-state index in [-0.39, 0.29) is 11.6 Å². The smallest absolute Gasteiger partial charge is 0.203 e. The van der Waals surface area contributed by atoms with Gasteiger partial charge in [-0.3, -0.25) is 9.59 Å². The first-order valence-corrected chi connectivity index (χ1v) is 5.54. The maximum Gasteiger partial charge on any atom is 0.203 e. The van der Waals surface area contributed by atoms with Crippen molar-refractivity contribution in [2.45, 2.75) is 6.92 Å². The zero-order valence-electron chi connectivity index (χ0n) is 9.00. The van der Waals surface area contributed by atoms with Crippen molar-refractivity contribution >= 4 is 34.1 Å². The number of fused-ring (bicyclic) bond motifs is 3. The van der Waals surface area contributed by atoms with Gasteiger partial charge in [-0.2, -0.15) is 0 Å². The molecule has 0 unspecified atom stereocenters. The number of allylic oxidation sites excluding steroid dienone is 2. The van der Waals surface area contributed by atoms with Crippen LogP contribution in [0.15, 0.2) is 29.8 Å². The van der Waals surface area contributed by atoms with E-state index >= 15 is 0 Å². The molecule has 2 aromatic rings. The molecule has 1 N–H and O–H groups in total. The molecule has 0 amide bonds. The van der Waals surface area contributed by atoms with Crippen LogP contribution in [0.2, 0.25) is 5.02 Å². The Bertz CT molecular complexity index is 710. The van der Waals surface area contributed by atoms with Gasteiger partial charge in [0.1, 0.15) is 0 Å². The minimum absolute atomic E-state index is 0.104. The molecule has 1 aliphatic rings. The van der Waals surface area contributed by atoms with Crippen molar-refractivity contribution in [2.24, 2.45) is 0 Å². The summed E-state index contributed by atoms with van der Waals surface area (Å²) in [5.41, 5.74) is 2.00. The van der Waals surface area contributed by atoms with E-state index in [1.54, 1.807) is 25.1 Å². The summed E-state index contributed by atoms with van der Waals surface area (Å²) in [5.74, 6) is -0.266. The van der Waals surface area contributed by atoms with Crippen molar-refractivity contribution < 1.29 is 9.59 Å². The van der Waals surface area contributed by atoms with Crippen molar-refractivity contribution in [3.63, 3.8) is 0 Å². The predicted octanol–water partition coefficient (Wildman–Crippen LogP) is 3.15. The van der Waals surface area contributed by atoms with Gasteiger partial charge in [-0.05, 0) is 25.1 Å². The summed E-state index contributed by atoms with van der Waals surface area (Å²) in [7, 11) is 0. The number of rotatable bonds is 0. The van der Waals surface area contributed by atoms with Gasteiger partial charge in [-0.25, -0.2) is 0 Å². The van der Waals surface area contributed by atoms with E-state index in [9.17, 15) is 9.59 Å². The molecular formula is C13H8ClNO2. The molecule has 0 radical (unpaired) electrons. The summed E-state index contributed by atoms with van der Waals surface area (Å²) in [5, 5.41) is 1.32. The number of hydrogen-bond acceptors (Lipinski definition) is 2. The van der Waals surface area contributed by atoms with E-state index in [4.69, 9.17) is 11.6 Å². The molecule has 1 aliphatic carbocycles. The Morgan fingerprint density at radius 1 is 1.24 bits per heavy atom. The highest BCUT2D eigenvalue weighted by atomic mass is 35.5. The number of aromatic amines is 1.